The summed E-state index contributed by atoms with van der Waals surface area (Å²) in [5, 5.41) is 0.601. The molecule has 2 atom stereocenters. The molecular weight excluding hydrogens is 420 g/mol. The Balaban J connectivity index is 1.40. The van der Waals surface area contributed by atoms with Crippen molar-refractivity contribution in [2.45, 2.75) is 18.9 Å². The minimum absolute atomic E-state index is 0.0166. The van der Waals surface area contributed by atoms with E-state index in [1.165, 1.54) is 11.1 Å². The summed E-state index contributed by atoms with van der Waals surface area (Å²) < 4.78 is 0. The van der Waals surface area contributed by atoms with Crippen LogP contribution < -0.4 is 0 Å². The number of hydrogen-bond donors (Lipinski definition) is 0. The normalized spacial score (nSPS) is 20.2. The highest BCUT2D eigenvalue weighted by Gasteiger charge is 2.42. The Kier molecular flexibility index (Phi) is 5.71. The fourth-order valence-corrected chi connectivity index (χ4v) is 5.08. The van der Waals surface area contributed by atoms with Crippen molar-refractivity contribution in [3.63, 3.8) is 0 Å². The Morgan fingerprint density at radius 2 is 1.47 bits per heavy atom. The van der Waals surface area contributed by atoms with Crippen LogP contribution in [0.15, 0.2) is 78.9 Å². The Hall–Kier alpha value is -3.11. The summed E-state index contributed by atoms with van der Waals surface area (Å²) in [6.45, 7) is 2.32. The first-order valence-corrected chi connectivity index (χ1v) is 11.4. The van der Waals surface area contributed by atoms with Crippen molar-refractivity contribution in [3.05, 3.63) is 106 Å². The number of rotatable bonds is 3. The summed E-state index contributed by atoms with van der Waals surface area (Å²) in [6, 6.07) is 25.4. The van der Waals surface area contributed by atoms with E-state index in [0.717, 1.165) is 18.5 Å². The zero-order chi connectivity index (χ0) is 22.1. The lowest BCUT2D eigenvalue weighted by Crippen LogP contribution is -2.42. The van der Waals surface area contributed by atoms with Gasteiger partial charge in [-0.3, -0.25) is 9.59 Å². The van der Waals surface area contributed by atoms with Gasteiger partial charge in [0.05, 0.1) is 5.92 Å². The summed E-state index contributed by atoms with van der Waals surface area (Å²) in [5.74, 6) is -0.183. The molecule has 2 amide bonds. The van der Waals surface area contributed by atoms with Crippen molar-refractivity contribution in [3.8, 4) is 0 Å². The maximum atomic E-state index is 13.7. The van der Waals surface area contributed by atoms with Gasteiger partial charge in [-0.05, 0) is 47.4 Å². The van der Waals surface area contributed by atoms with E-state index < -0.39 is 0 Å². The number of hydrogen-bond acceptors (Lipinski definition) is 2. The lowest BCUT2D eigenvalue weighted by molar-refractivity contribution is -0.136. The second-order valence-corrected chi connectivity index (χ2v) is 9.06. The predicted molar refractivity (Wildman–Crippen MR) is 126 cm³/mol. The van der Waals surface area contributed by atoms with E-state index in [4.69, 9.17) is 11.6 Å². The van der Waals surface area contributed by atoms with Gasteiger partial charge in [0.25, 0.3) is 5.91 Å². The van der Waals surface area contributed by atoms with E-state index in [9.17, 15) is 9.59 Å². The molecule has 2 aliphatic rings. The molecule has 3 aromatic carbocycles. The zero-order valence-electron chi connectivity index (χ0n) is 17.8. The molecule has 0 N–H and O–H groups in total. The third kappa shape index (κ3) is 4.03. The van der Waals surface area contributed by atoms with E-state index >= 15 is 0 Å². The lowest BCUT2D eigenvalue weighted by Gasteiger charge is -2.32. The SMILES string of the molecule is O=C(c1ccc(Cl)cc1)N1CC(C(=O)N2CCc3ccccc3C2)C(c2ccccc2)C1. The van der Waals surface area contributed by atoms with Crippen LogP contribution in [0, 0.1) is 5.92 Å². The minimum atomic E-state index is -0.251. The molecule has 1 fully saturated rings. The minimum Gasteiger partial charge on any atom is -0.338 e. The molecule has 4 nitrogen and oxygen atoms in total. The van der Waals surface area contributed by atoms with Crippen molar-refractivity contribution < 1.29 is 9.59 Å². The van der Waals surface area contributed by atoms with Crippen LogP contribution in [0.5, 0.6) is 0 Å². The van der Waals surface area contributed by atoms with Crippen LogP contribution in [0.25, 0.3) is 0 Å². The van der Waals surface area contributed by atoms with E-state index in [1.54, 1.807) is 24.3 Å². The summed E-state index contributed by atoms with van der Waals surface area (Å²) in [6.07, 6.45) is 0.873. The molecule has 162 valence electrons. The predicted octanol–water partition coefficient (Wildman–Crippen LogP) is 4.78. The van der Waals surface area contributed by atoms with Crippen molar-refractivity contribution in [1.82, 2.24) is 9.80 Å². The van der Waals surface area contributed by atoms with Crippen molar-refractivity contribution in [2.75, 3.05) is 19.6 Å². The molecule has 5 rings (SSSR count). The van der Waals surface area contributed by atoms with Crippen LogP contribution in [0.1, 0.15) is 33.0 Å². The number of likely N-dealkylation sites (tertiary alicyclic amines) is 1. The molecule has 0 radical (unpaired) electrons. The van der Waals surface area contributed by atoms with Crippen molar-refractivity contribution in [2.24, 2.45) is 5.92 Å². The molecule has 32 heavy (non-hydrogen) atoms. The molecule has 1 saturated heterocycles. The average molecular weight is 445 g/mol. The smallest absolute Gasteiger partial charge is 0.253 e. The van der Waals surface area contributed by atoms with E-state index in [2.05, 4.69) is 30.3 Å². The third-order valence-electron chi connectivity index (χ3n) is 6.69. The second-order valence-electron chi connectivity index (χ2n) is 8.62. The third-order valence-corrected chi connectivity index (χ3v) is 6.94. The van der Waals surface area contributed by atoms with Gasteiger partial charge in [-0.15, -0.1) is 0 Å². The van der Waals surface area contributed by atoms with Gasteiger partial charge in [0.2, 0.25) is 5.91 Å². The van der Waals surface area contributed by atoms with Gasteiger partial charge in [0.15, 0.2) is 0 Å². The van der Waals surface area contributed by atoms with Gasteiger partial charge in [0.1, 0.15) is 0 Å². The van der Waals surface area contributed by atoms with E-state index in [-0.39, 0.29) is 23.7 Å². The van der Waals surface area contributed by atoms with E-state index in [0.29, 0.717) is 30.2 Å². The highest BCUT2D eigenvalue weighted by Crippen LogP contribution is 2.36. The quantitative estimate of drug-likeness (QED) is 0.583. The fourth-order valence-electron chi connectivity index (χ4n) is 4.95. The van der Waals surface area contributed by atoms with Crippen LogP contribution >= 0.6 is 11.6 Å². The number of nitrogens with zero attached hydrogens (tertiary/aromatic N) is 2. The summed E-state index contributed by atoms with van der Waals surface area (Å²) in [7, 11) is 0. The molecule has 0 spiro atoms. The molecule has 3 aromatic rings. The number of carbonyl (C=O) groups excluding carboxylic acids is 2. The van der Waals surface area contributed by atoms with Crippen molar-refractivity contribution >= 4 is 23.4 Å². The van der Waals surface area contributed by atoms with Gasteiger partial charge in [-0.1, -0.05) is 66.2 Å². The molecule has 0 aliphatic carbocycles. The topological polar surface area (TPSA) is 40.6 Å². The fraction of sp³-hybridized carbons (Fsp3) is 0.259. The largest absolute Gasteiger partial charge is 0.338 e. The first-order chi connectivity index (χ1) is 15.6. The number of benzene rings is 3. The van der Waals surface area contributed by atoms with Crippen LogP contribution in [-0.2, 0) is 17.8 Å². The number of fused-ring (bicyclic) bond motifs is 1. The molecule has 2 heterocycles. The second kappa shape index (κ2) is 8.79. The summed E-state index contributed by atoms with van der Waals surface area (Å²) in [5.41, 5.74) is 4.24. The highest BCUT2D eigenvalue weighted by atomic mass is 35.5. The Morgan fingerprint density at radius 1 is 0.781 bits per heavy atom. The Labute approximate surface area is 193 Å². The Morgan fingerprint density at radius 3 is 2.22 bits per heavy atom. The van der Waals surface area contributed by atoms with Crippen LogP contribution in [0.3, 0.4) is 0 Å². The highest BCUT2D eigenvalue weighted by molar-refractivity contribution is 6.30. The Bertz CT molecular complexity index is 1130. The lowest BCUT2D eigenvalue weighted by atomic mass is 9.87. The van der Waals surface area contributed by atoms with Gasteiger partial charge in [-0.2, -0.15) is 0 Å². The van der Waals surface area contributed by atoms with Gasteiger partial charge < -0.3 is 9.80 Å². The molecule has 0 bridgehead atoms. The first kappa shape index (κ1) is 20.8. The number of halogens is 1. The molecular formula is C27H25ClN2O2. The maximum Gasteiger partial charge on any atom is 0.253 e. The van der Waals surface area contributed by atoms with Crippen molar-refractivity contribution in [1.29, 1.82) is 0 Å². The van der Waals surface area contributed by atoms with Gasteiger partial charge >= 0.3 is 0 Å². The molecule has 0 saturated carbocycles. The zero-order valence-corrected chi connectivity index (χ0v) is 18.5. The molecule has 0 aromatic heterocycles. The number of amides is 2. The van der Waals surface area contributed by atoms with E-state index in [1.807, 2.05) is 34.1 Å². The van der Waals surface area contributed by atoms with Crippen LogP contribution in [0.2, 0.25) is 5.02 Å². The standard InChI is InChI=1S/C27H25ClN2O2/c28-23-12-10-21(11-13-23)26(31)30-17-24(20-7-2-1-3-8-20)25(18-30)27(32)29-15-14-19-6-4-5-9-22(19)16-29/h1-13,24-25H,14-18H2. The van der Waals surface area contributed by atoms with Crippen LogP contribution in [-0.4, -0.2) is 41.2 Å². The maximum absolute atomic E-state index is 13.7. The average Bonchev–Trinajstić information content (AvgIpc) is 3.29. The first-order valence-electron chi connectivity index (χ1n) is 11.1. The van der Waals surface area contributed by atoms with Gasteiger partial charge in [0, 0.05) is 42.7 Å². The molecule has 2 unspecified atom stereocenters. The molecule has 2 aliphatic heterocycles. The monoisotopic (exact) mass is 444 g/mol. The number of carbonyl (C=O) groups is 2. The summed E-state index contributed by atoms with van der Waals surface area (Å²) in [4.78, 5) is 30.7. The molecule has 5 heteroatoms. The summed E-state index contributed by atoms with van der Waals surface area (Å²) >= 11 is 5.99. The van der Waals surface area contributed by atoms with Gasteiger partial charge in [-0.25, -0.2) is 0 Å². The van der Waals surface area contributed by atoms with Crippen LogP contribution in [0.4, 0.5) is 0 Å².